The molecule has 0 spiro atoms. The van der Waals surface area contributed by atoms with Gasteiger partial charge < -0.3 is 24.9 Å². The maximum Gasteiger partial charge on any atom is 0.313 e. The van der Waals surface area contributed by atoms with Gasteiger partial charge in [-0.3, -0.25) is 9.59 Å². The summed E-state index contributed by atoms with van der Waals surface area (Å²) in [6.45, 7) is 3.88. The second-order valence-corrected chi connectivity index (χ2v) is 5.06. The van der Waals surface area contributed by atoms with Crippen molar-refractivity contribution in [3.05, 3.63) is 47.9 Å². The Hall–Kier alpha value is -2.80. The van der Waals surface area contributed by atoms with Crippen LogP contribution in [0.4, 0.5) is 5.69 Å². The van der Waals surface area contributed by atoms with E-state index in [1.165, 1.54) is 0 Å². The molecule has 1 atom stereocenters. The van der Waals surface area contributed by atoms with E-state index in [1.807, 2.05) is 6.92 Å². The van der Waals surface area contributed by atoms with Crippen LogP contribution in [0.15, 0.2) is 40.8 Å². The fourth-order valence-corrected chi connectivity index (χ4v) is 2.03. The zero-order valence-electron chi connectivity index (χ0n) is 13.5. The number of para-hydroxylation sites is 2. The molecule has 1 heterocycles. The maximum absolute atomic E-state index is 11.9. The molecule has 1 unspecified atom stereocenters. The van der Waals surface area contributed by atoms with Gasteiger partial charge in [0.25, 0.3) is 0 Å². The molecule has 0 fully saturated rings. The second kappa shape index (κ2) is 8.16. The van der Waals surface area contributed by atoms with Crippen LogP contribution in [0.2, 0.25) is 0 Å². The van der Waals surface area contributed by atoms with Crippen LogP contribution in [-0.2, 0) is 9.59 Å². The number of hydrogen-bond donors (Lipinski definition) is 3. The highest BCUT2D eigenvalue weighted by Crippen LogP contribution is 2.23. The number of benzene rings is 1. The minimum absolute atomic E-state index is 0.133. The van der Waals surface area contributed by atoms with E-state index in [4.69, 9.17) is 9.15 Å². The predicted molar refractivity (Wildman–Crippen MR) is 87.7 cm³/mol. The summed E-state index contributed by atoms with van der Waals surface area (Å²) in [6, 6.07) is 10.1. The molecule has 0 bridgehead atoms. The van der Waals surface area contributed by atoms with Gasteiger partial charge in [0.2, 0.25) is 0 Å². The number of aliphatic hydroxyl groups excluding tert-OH is 1. The standard InChI is InChI=1S/C17H20N2O5/c1-3-23-14-7-5-4-6-12(14)19-17(22)16(21)18-10-13(20)15-9-8-11(2)24-15/h4-9,13,20H,3,10H2,1-2H3,(H,18,21)(H,19,22). The molecule has 2 amide bonds. The van der Waals surface area contributed by atoms with Crippen LogP contribution in [0.5, 0.6) is 5.75 Å². The van der Waals surface area contributed by atoms with E-state index in [2.05, 4.69) is 10.6 Å². The molecule has 0 aliphatic carbocycles. The van der Waals surface area contributed by atoms with Gasteiger partial charge in [0.1, 0.15) is 23.4 Å². The van der Waals surface area contributed by atoms with Gasteiger partial charge in [-0.2, -0.15) is 0 Å². The third-order valence-corrected chi connectivity index (χ3v) is 3.19. The van der Waals surface area contributed by atoms with Gasteiger partial charge in [0.05, 0.1) is 18.8 Å². The Morgan fingerprint density at radius 2 is 1.96 bits per heavy atom. The zero-order valence-corrected chi connectivity index (χ0v) is 13.5. The first kappa shape index (κ1) is 17.6. The summed E-state index contributed by atoms with van der Waals surface area (Å²) in [5.41, 5.74) is 0.404. The Bertz CT molecular complexity index is 711. The molecule has 0 radical (unpaired) electrons. The Kier molecular flexibility index (Phi) is 5.97. The number of carbonyl (C=O) groups excluding carboxylic acids is 2. The van der Waals surface area contributed by atoms with Crippen molar-refractivity contribution in [1.29, 1.82) is 0 Å². The van der Waals surface area contributed by atoms with Crippen molar-refractivity contribution in [3.8, 4) is 5.75 Å². The van der Waals surface area contributed by atoms with E-state index < -0.39 is 17.9 Å². The fourth-order valence-electron chi connectivity index (χ4n) is 2.03. The molecular formula is C17H20N2O5. The number of aliphatic hydroxyl groups is 1. The number of carbonyl (C=O) groups is 2. The summed E-state index contributed by atoms with van der Waals surface area (Å²) < 4.78 is 10.6. The molecule has 2 aromatic rings. The number of furan rings is 1. The lowest BCUT2D eigenvalue weighted by Gasteiger charge is -2.12. The van der Waals surface area contributed by atoms with Gasteiger partial charge in [0.15, 0.2) is 0 Å². The number of hydrogen-bond acceptors (Lipinski definition) is 5. The van der Waals surface area contributed by atoms with Crippen molar-refractivity contribution in [2.75, 3.05) is 18.5 Å². The second-order valence-electron chi connectivity index (χ2n) is 5.06. The minimum atomic E-state index is -1.02. The average Bonchev–Trinajstić information content (AvgIpc) is 3.01. The molecule has 0 saturated heterocycles. The number of rotatable bonds is 6. The van der Waals surface area contributed by atoms with Gasteiger partial charge >= 0.3 is 11.8 Å². The number of aryl methyl sites for hydroxylation is 1. The highest BCUT2D eigenvalue weighted by atomic mass is 16.5. The third-order valence-electron chi connectivity index (χ3n) is 3.19. The molecule has 128 valence electrons. The first-order valence-corrected chi connectivity index (χ1v) is 7.56. The Labute approximate surface area is 139 Å². The molecule has 0 saturated carbocycles. The van der Waals surface area contributed by atoms with E-state index in [0.717, 1.165) is 0 Å². The van der Waals surface area contributed by atoms with Crippen molar-refractivity contribution in [2.45, 2.75) is 20.0 Å². The molecular weight excluding hydrogens is 312 g/mol. The van der Waals surface area contributed by atoms with Crippen LogP contribution in [0, 0.1) is 6.92 Å². The lowest BCUT2D eigenvalue weighted by Crippen LogP contribution is -2.37. The predicted octanol–water partition coefficient (Wildman–Crippen LogP) is 1.78. The molecule has 3 N–H and O–H groups in total. The molecule has 1 aromatic heterocycles. The van der Waals surface area contributed by atoms with E-state index >= 15 is 0 Å². The zero-order chi connectivity index (χ0) is 17.5. The van der Waals surface area contributed by atoms with E-state index in [0.29, 0.717) is 29.6 Å². The van der Waals surface area contributed by atoms with Crippen LogP contribution in [-0.4, -0.2) is 30.1 Å². The first-order valence-electron chi connectivity index (χ1n) is 7.56. The van der Waals surface area contributed by atoms with Crippen LogP contribution < -0.4 is 15.4 Å². The molecule has 7 heteroatoms. The summed E-state index contributed by atoms with van der Waals surface area (Å²) in [7, 11) is 0. The van der Waals surface area contributed by atoms with Gasteiger partial charge in [0, 0.05) is 0 Å². The number of amides is 2. The summed E-state index contributed by atoms with van der Waals surface area (Å²) in [4.78, 5) is 23.8. The summed E-state index contributed by atoms with van der Waals surface area (Å²) in [5, 5.41) is 14.7. The SMILES string of the molecule is CCOc1ccccc1NC(=O)C(=O)NCC(O)c1ccc(C)o1. The Morgan fingerprint density at radius 3 is 2.62 bits per heavy atom. The van der Waals surface area contributed by atoms with Crippen molar-refractivity contribution in [3.63, 3.8) is 0 Å². The summed E-state index contributed by atoms with van der Waals surface area (Å²) in [6.07, 6.45) is -1.02. The van der Waals surface area contributed by atoms with Crippen molar-refractivity contribution < 1.29 is 23.8 Å². The molecule has 0 aliphatic rings. The highest BCUT2D eigenvalue weighted by Gasteiger charge is 2.18. The van der Waals surface area contributed by atoms with E-state index in [9.17, 15) is 14.7 Å². The van der Waals surface area contributed by atoms with Gasteiger partial charge in [-0.1, -0.05) is 12.1 Å². The normalized spacial score (nSPS) is 11.6. The Morgan fingerprint density at radius 1 is 1.21 bits per heavy atom. The van der Waals surface area contributed by atoms with Crippen LogP contribution in [0.3, 0.4) is 0 Å². The average molecular weight is 332 g/mol. The van der Waals surface area contributed by atoms with Crippen LogP contribution >= 0.6 is 0 Å². The topological polar surface area (TPSA) is 101 Å². The monoisotopic (exact) mass is 332 g/mol. The lowest BCUT2D eigenvalue weighted by molar-refractivity contribution is -0.136. The van der Waals surface area contributed by atoms with Crippen molar-refractivity contribution >= 4 is 17.5 Å². The smallest absolute Gasteiger partial charge is 0.313 e. The molecule has 7 nitrogen and oxygen atoms in total. The molecule has 1 aromatic carbocycles. The third kappa shape index (κ3) is 4.60. The van der Waals surface area contributed by atoms with E-state index in [-0.39, 0.29) is 6.54 Å². The maximum atomic E-state index is 11.9. The summed E-state index contributed by atoms with van der Waals surface area (Å²) >= 11 is 0. The fraction of sp³-hybridized carbons (Fsp3) is 0.294. The largest absolute Gasteiger partial charge is 0.492 e. The number of ether oxygens (including phenoxy) is 1. The molecule has 2 rings (SSSR count). The quantitative estimate of drug-likeness (QED) is 0.700. The van der Waals surface area contributed by atoms with Crippen molar-refractivity contribution in [2.24, 2.45) is 0 Å². The van der Waals surface area contributed by atoms with Crippen molar-refractivity contribution in [1.82, 2.24) is 5.32 Å². The number of nitrogens with one attached hydrogen (secondary N) is 2. The molecule has 0 aliphatic heterocycles. The van der Waals surface area contributed by atoms with Crippen LogP contribution in [0.25, 0.3) is 0 Å². The van der Waals surface area contributed by atoms with Gasteiger partial charge in [-0.15, -0.1) is 0 Å². The van der Waals surface area contributed by atoms with E-state index in [1.54, 1.807) is 43.3 Å². The summed E-state index contributed by atoms with van der Waals surface area (Å²) in [5.74, 6) is -0.239. The Balaban J connectivity index is 1.89. The highest BCUT2D eigenvalue weighted by molar-refractivity contribution is 6.39. The first-order chi connectivity index (χ1) is 11.5. The van der Waals surface area contributed by atoms with Gasteiger partial charge in [-0.05, 0) is 38.1 Å². The minimum Gasteiger partial charge on any atom is -0.492 e. The van der Waals surface area contributed by atoms with Gasteiger partial charge in [-0.25, -0.2) is 0 Å². The molecule has 24 heavy (non-hydrogen) atoms. The lowest BCUT2D eigenvalue weighted by atomic mass is 10.2. The number of anilines is 1. The van der Waals surface area contributed by atoms with Crippen LogP contribution in [0.1, 0.15) is 24.5 Å².